The molecule has 118 valence electrons. The summed E-state index contributed by atoms with van der Waals surface area (Å²) in [7, 11) is -3.40. The molecule has 1 fully saturated rings. The Morgan fingerprint density at radius 3 is 2.71 bits per heavy atom. The molecular formula is C15H24N2O2S2. The average Bonchev–Trinajstić information content (AvgIpc) is 2.54. The first-order valence-corrected chi connectivity index (χ1v) is 9.95. The van der Waals surface area contributed by atoms with Crippen molar-refractivity contribution in [3.05, 3.63) is 29.3 Å². The highest BCUT2D eigenvalue weighted by Gasteiger charge is 2.30. The Labute approximate surface area is 132 Å². The molecule has 2 rings (SSSR count). The van der Waals surface area contributed by atoms with Crippen molar-refractivity contribution in [2.24, 2.45) is 5.73 Å². The molecule has 1 aromatic carbocycles. The minimum atomic E-state index is -3.40. The van der Waals surface area contributed by atoms with Gasteiger partial charge >= 0.3 is 0 Å². The standard InChI is InChI=1S/C15H24N2O2S2/c1-3-12-5-6-15(9-13(12)10-16)21(18,19)17-7-8-20-14(4-2)11-17/h5-6,9,14H,3-4,7-8,10-11,16H2,1-2H3. The smallest absolute Gasteiger partial charge is 0.243 e. The van der Waals surface area contributed by atoms with Crippen LogP contribution in [-0.2, 0) is 23.0 Å². The Morgan fingerprint density at radius 1 is 1.33 bits per heavy atom. The number of thioether (sulfide) groups is 1. The first kappa shape index (κ1) is 16.8. The summed E-state index contributed by atoms with van der Waals surface area (Å²) in [6.45, 7) is 5.74. The summed E-state index contributed by atoms with van der Waals surface area (Å²) in [6, 6.07) is 5.36. The number of nitrogens with zero attached hydrogens (tertiary/aromatic N) is 1. The van der Waals surface area contributed by atoms with Gasteiger partial charge in [-0.2, -0.15) is 16.1 Å². The molecule has 21 heavy (non-hydrogen) atoms. The van der Waals surface area contributed by atoms with E-state index < -0.39 is 10.0 Å². The topological polar surface area (TPSA) is 63.4 Å². The number of benzene rings is 1. The van der Waals surface area contributed by atoms with E-state index in [2.05, 4.69) is 13.8 Å². The molecule has 1 saturated heterocycles. The molecule has 6 heteroatoms. The van der Waals surface area contributed by atoms with E-state index in [1.807, 2.05) is 17.8 Å². The van der Waals surface area contributed by atoms with Crippen molar-refractivity contribution in [1.29, 1.82) is 0 Å². The van der Waals surface area contributed by atoms with Gasteiger partial charge < -0.3 is 5.73 Å². The van der Waals surface area contributed by atoms with E-state index in [1.54, 1.807) is 16.4 Å². The second-order valence-electron chi connectivity index (χ2n) is 5.25. The molecule has 0 spiro atoms. The molecule has 2 N–H and O–H groups in total. The van der Waals surface area contributed by atoms with Gasteiger partial charge in [-0.05, 0) is 36.1 Å². The van der Waals surface area contributed by atoms with E-state index in [0.29, 0.717) is 29.8 Å². The molecule has 1 aliphatic heterocycles. The van der Waals surface area contributed by atoms with E-state index in [0.717, 1.165) is 29.7 Å². The number of hydrogen-bond acceptors (Lipinski definition) is 4. The maximum absolute atomic E-state index is 12.8. The van der Waals surface area contributed by atoms with Crippen molar-refractivity contribution in [3.8, 4) is 0 Å². The Hall–Kier alpha value is -0.560. The summed E-state index contributed by atoms with van der Waals surface area (Å²) in [5.41, 5.74) is 7.80. The lowest BCUT2D eigenvalue weighted by atomic mass is 10.1. The van der Waals surface area contributed by atoms with Gasteiger partial charge in [0.1, 0.15) is 0 Å². The third-order valence-corrected chi connectivity index (χ3v) is 7.21. The zero-order chi connectivity index (χ0) is 15.5. The van der Waals surface area contributed by atoms with Crippen LogP contribution in [-0.4, -0.2) is 36.8 Å². The van der Waals surface area contributed by atoms with Crippen molar-refractivity contribution in [2.45, 2.75) is 43.4 Å². The van der Waals surface area contributed by atoms with Crippen LogP contribution >= 0.6 is 11.8 Å². The van der Waals surface area contributed by atoms with E-state index in [1.165, 1.54) is 0 Å². The Morgan fingerprint density at radius 2 is 2.10 bits per heavy atom. The molecule has 1 heterocycles. The summed E-state index contributed by atoms with van der Waals surface area (Å²) in [6.07, 6.45) is 1.87. The number of rotatable bonds is 5. The third kappa shape index (κ3) is 3.62. The zero-order valence-corrected chi connectivity index (χ0v) is 14.3. The van der Waals surface area contributed by atoms with E-state index in [9.17, 15) is 8.42 Å². The van der Waals surface area contributed by atoms with Crippen molar-refractivity contribution in [1.82, 2.24) is 4.31 Å². The fourth-order valence-corrected chi connectivity index (χ4v) is 5.53. The highest BCUT2D eigenvalue weighted by molar-refractivity contribution is 8.00. The summed E-state index contributed by atoms with van der Waals surface area (Å²) in [5.74, 6) is 0.870. The molecule has 0 saturated carbocycles. The summed E-state index contributed by atoms with van der Waals surface area (Å²) >= 11 is 1.87. The summed E-state index contributed by atoms with van der Waals surface area (Å²) in [5, 5.41) is 0.400. The molecule has 1 atom stereocenters. The number of hydrogen-bond donors (Lipinski definition) is 1. The van der Waals surface area contributed by atoms with Gasteiger partial charge in [0.05, 0.1) is 4.90 Å². The predicted molar refractivity (Wildman–Crippen MR) is 89.0 cm³/mol. The molecule has 0 aromatic heterocycles. The van der Waals surface area contributed by atoms with Gasteiger partial charge in [0, 0.05) is 30.6 Å². The number of sulfonamides is 1. The van der Waals surface area contributed by atoms with Gasteiger partial charge in [-0.1, -0.05) is 19.9 Å². The van der Waals surface area contributed by atoms with Gasteiger partial charge in [-0.15, -0.1) is 0 Å². The number of nitrogens with two attached hydrogens (primary N) is 1. The van der Waals surface area contributed by atoms with Crippen LogP contribution < -0.4 is 5.73 Å². The predicted octanol–water partition coefficient (Wildman–Crippen LogP) is 2.22. The minimum absolute atomic E-state index is 0.375. The average molecular weight is 329 g/mol. The van der Waals surface area contributed by atoms with Crippen LogP contribution in [0.15, 0.2) is 23.1 Å². The fourth-order valence-electron chi connectivity index (χ4n) is 2.60. The molecule has 1 aromatic rings. The number of aryl methyl sites for hydroxylation is 1. The van der Waals surface area contributed by atoms with Gasteiger partial charge in [-0.25, -0.2) is 8.42 Å². The van der Waals surface area contributed by atoms with Crippen molar-refractivity contribution >= 4 is 21.8 Å². The van der Waals surface area contributed by atoms with E-state index in [-0.39, 0.29) is 0 Å². The van der Waals surface area contributed by atoms with Gasteiger partial charge in [0.25, 0.3) is 0 Å². The lowest BCUT2D eigenvalue weighted by Crippen LogP contribution is -2.41. The molecule has 1 unspecified atom stereocenters. The normalized spacial score (nSPS) is 20.6. The maximum atomic E-state index is 12.8. The fraction of sp³-hybridized carbons (Fsp3) is 0.600. The van der Waals surface area contributed by atoms with Gasteiger partial charge in [0.2, 0.25) is 10.0 Å². The molecule has 4 nitrogen and oxygen atoms in total. The highest BCUT2D eigenvalue weighted by atomic mass is 32.2. The van der Waals surface area contributed by atoms with Crippen LogP contribution in [0.25, 0.3) is 0 Å². The Balaban J connectivity index is 2.30. The maximum Gasteiger partial charge on any atom is 0.243 e. The van der Waals surface area contributed by atoms with Crippen LogP contribution in [0.4, 0.5) is 0 Å². The SMILES string of the molecule is CCc1ccc(S(=O)(=O)N2CCSC(CC)C2)cc1CN. The molecule has 0 bridgehead atoms. The first-order chi connectivity index (χ1) is 10.0. The Kier molecular flexibility index (Phi) is 5.71. The molecule has 0 radical (unpaired) electrons. The third-order valence-electron chi connectivity index (χ3n) is 3.97. The first-order valence-electron chi connectivity index (χ1n) is 7.46. The van der Waals surface area contributed by atoms with Crippen LogP contribution in [0.3, 0.4) is 0 Å². The molecule has 1 aliphatic rings. The lowest BCUT2D eigenvalue weighted by Gasteiger charge is -2.31. The second kappa shape index (κ2) is 7.13. The van der Waals surface area contributed by atoms with Crippen LogP contribution in [0.1, 0.15) is 31.4 Å². The molecule has 0 aliphatic carbocycles. The highest BCUT2D eigenvalue weighted by Crippen LogP contribution is 2.27. The van der Waals surface area contributed by atoms with Crippen LogP contribution in [0.5, 0.6) is 0 Å². The Bertz CT molecular complexity index is 587. The quantitative estimate of drug-likeness (QED) is 0.900. The molecule has 0 amide bonds. The largest absolute Gasteiger partial charge is 0.326 e. The van der Waals surface area contributed by atoms with Crippen molar-refractivity contribution in [2.75, 3.05) is 18.8 Å². The molecular weight excluding hydrogens is 304 g/mol. The monoisotopic (exact) mass is 328 g/mol. The zero-order valence-electron chi connectivity index (χ0n) is 12.7. The van der Waals surface area contributed by atoms with Gasteiger partial charge in [0.15, 0.2) is 0 Å². The lowest BCUT2D eigenvalue weighted by molar-refractivity contribution is 0.416. The summed E-state index contributed by atoms with van der Waals surface area (Å²) in [4.78, 5) is 0.377. The van der Waals surface area contributed by atoms with E-state index in [4.69, 9.17) is 5.73 Å². The van der Waals surface area contributed by atoms with E-state index >= 15 is 0 Å². The van der Waals surface area contributed by atoms with Crippen LogP contribution in [0.2, 0.25) is 0 Å². The van der Waals surface area contributed by atoms with Crippen molar-refractivity contribution in [3.63, 3.8) is 0 Å². The van der Waals surface area contributed by atoms with Gasteiger partial charge in [-0.3, -0.25) is 0 Å². The minimum Gasteiger partial charge on any atom is -0.326 e. The second-order valence-corrected chi connectivity index (χ2v) is 8.60. The summed E-state index contributed by atoms with van der Waals surface area (Å²) < 4.78 is 27.2. The van der Waals surface area contributed by atoms with Crippen molar-refractivity contribution < 1.29 is 8.42 Å². The van der Waals surface area contributed by atoms with Crippen LogP contribution in [0, 0.1) is 0 Å².